The van der Waals surface area contributed by atoms with Crippen molar-refractivity contribution in [2.45, 2.75) is 12.8 Å². The highest BCUT2D eigenvalue weighted by Crippen LogP contribution is 2.46. The summed E-state index contributed by atoms with van der Waals surface area (Å²) in [5.74, 6) is 0. The number of aryl methyl sites for hydroxylation is 2. The number of nitrogen functional groups attached to an aromatic ring is 1. The molecule has 1 aliphatic carbocycles. The molecule has 98 valence electrons. The van der Waals surface area contributed by atoms with E-state index in [1.54, 1.807) is 22.7 Å². The molecule has 3 heterocycles. The van der Waals surface area contributed by atoms with Gasteiger partial charge in [0.05, 0.1) is 5.69 Å². The Balaban J connectivity index is 2.21. The zero-order chi connectivity index (χ0) is 13.9. The average Bonchev–Trinajstić information content (AvgIpc) is 3.00. The van der Waals surface area contributed by atoms with Crippen LogP contribution in [-0.4, -0.2) is 4.98 Å². The van der Waals surface area contributed by atoms with Gasteiger partial charge < -0.3 is 10.7 Å². The van der Waals surface area contributed by atoms with E-state index in [1.807, 2.05) is 6.07 Å². The molecular formula is C14H9N3OS2. The van der Waals surface area contributed by atoms with Gasteiger partial charge >= 0.3 is 0 Å². The van der Waals surface area contributed by atoms with Crippen LogP contribution in [0.25, 0.3) is 21.3 Å². The zero-order valence-corrected chi connectivity index (χ0v) is 12.0. The van der Waals surface area contributed by atoms with Gasteiger partial charge in [0.25, 0.3) is 5.56 Å². The Morgan fingerprint density at radius 1 is 1.35 bits per heavy atom. The molecule has 0 bridgehead atoms. The molecule has 4 nitrogen and oxygen atoms in total. The second-order valence-electron chi connectivity index (χ2n) is 4.72. The monoisotopic (exact) mass is 299 g/mol. The first-order valence-electron chi connectivity index (χ1n) is 6.14. The van der Waals surface area contributed by atoms with Crippen molar-refractivity contribution in [3.05, 3.63) is 37.1 Å². The number of thiophene rings is 2. The molecule has 0 aromatic carbocycles. The molecule has 0 radical (unpaired) electrons. The van der Waals surface area contributed by atoms with E-state index in [0.717, 1.165) is 28.6 Å². The summed E-state index contributed by atoms with van der Waals surface area (Å²) >= 11 is 3.32. The van der Waals surface area contributed by atoms with Crippen LogP contribution >= 0.6 is 22.7 Å². The number of H-pyrrole nitrogens is 1. The van der Waals surface area contributed by atoms with Crippen molar-refractivity contribution in [2.24, 2.45) is 0 Å². The van der Waals surface area contributed by atoms with Gasteiger partial charge in [-0.15, -0.1) is 22.7 Å². The molecule has 0 saturated heterocycles. The number of nitriles is 1. The number of aromatic nitrogens is 1. The van der Waals surface area contributed by atoms with Crippen LogP contribution in [-0.2, 0) is 12.8 Å². The smallest absolute Gasteiger partial charge is 0.269 e. The molecule has 20 heavy (non-hydrogen) atoms. The van der Waals surface area contributed by atoms with E-state index in [-0.39, 0.29) is 5.56 Å². The van der Waals surface area contributed by atoms with E-state index in [9.17, 15) is 4.79 Å². The third-order valence-electron chi connectivity index (χ3n) is 3.68. The number of aromatic amines is 1. The van der Waals surface area contributed by atoms with E-state index >= 15 is 0 Å². The second-order valence-corrected chi connectivity index (χ2v) is 6.82. The third kappa shape index (κ3) is 1.36. The summed E-state index contributed by atoms with van der Waals surface area (Å²) in [6.45, 7) is 0. The summed E-state index contributed by atoms with van der Waals surface area (Å²) in [6, 6.07) is 4.01. The molecule has 4 rings (SSSR count). The average molecular weight is 299 g/mol. The van der Waals surface area contributed by atoms with E-state index < -0.39 is 5.56 Å². The van der Waals surface area contributed by atoms with Crippen LogP contribution in [0.1, 0.15) is 15.3 Å². The number of nitrogens with one attached hydrogen (secondary N) is 1. The Morgan fingerprint density at radius 2 is 2.15 bits per heavy atom. The Labute approximate surface area is 122 Å². The summed E-state index contributed by atoms with van der Waals surface area (Å²) in [4.78, 5) is 18.0. The van der Waals surface area contributed by atoms with Crippen LogP contribution in [0.5, 0.6) is 0 Å². The number of anilines is 1. The number of rotatable bonds is 0. The maximum atomic E-state index is 11.8. The second kappa shape index (κ2) is 3.95. The summed E-state index contributed by atoms with van der Waals surface area (Å²) in [6.07, 6.45) is 1.99. The SMILES string of the molecule is N#Cc1c(N)c2c3c(sc2[nH]c1=O)CCc1sccc1-3. The number of nitrogens with two attached hydrogens (primary N) is 1. The van der Waals surface area contributed by atoms with Gasteiger partial charge in [-0.1, -0.05) is 0 Å². The molecule has 0 saturated carbocycles. The lowest BCUT2D eigenvalue weighted by atomic mass is 9.94. The molecule has 0 spiro atoms. The number of pyridine rings is 1. The van der Waals surface area contributed by atoms with Gasteiger partial charge in [0, 0.05) is 20.7 Å². The lowest BCUT2D eigenvalue weighted by molar-refractivity contribution is 0.990. The van der Waals surface area contributed by atoms with Crippen LogP contribution in [0, 0.1) is 11.3 Å². The maximum absolute atomic E-state index is 11.8. The minimum atomic E-state index is -0.401. The van der Waals surface area contributed by atoms with E-state index in [4.69, 9.17) is 11.0 Å². The quantitative estimate of drug-likeness (QED) is 0.669. The van der Waals surface area contributed by atoms with Crippen LogP contribution < -0.4 is 11.3 Å². The van der Waals surface area contributed by atoms with Crippen molar-refractivity contribution >= 4 is 38.6 Å². The molecule has 0 fully saturated rings. The number of hydrogen-bond donors (Lipinski definition) is 2. The van der Waals surface area contributed by atoms with Crippen LogP contribution in [0.2, 0.25) is 0 Å². The molecule has 3 aromatic heterocycles. The highest BCUT2D eigenvalue weighted by Gasteiger charge is 2.25. The van der Waals surface area contributed by atoms with Crippen molar-refractivity contribution in [1.82, 2.24) is 4.98 Å². The maximum Gasteiger partial charge on any atom is 0.269 e. The standard InChI is InChI=1S/C14H9N3OS2/c15-5-7-12(16)11-10-6-3-4-19-8(6)1-2-9(10)20-14(11)17-13(7)18/h3-4H,1-2H2,(H3,16,17,18). The van der Waals surface area contributed by atoms with Crippen molar-refractivity contribution in [2.75, 3.05) is 5.73 Å². The molecule has 0 unspecified atom stereocenters. The third-order valence-corrected chi connectivity index (χ3v) is 5.83. The normalized spacial score (nSPS) is 12.9. The van der Waals surface area contributed by atoms with Gasteiger partial charge in [-0.25, -0.2) is 0 Å². The minimum Gasteiger partial charge on any atom is -0.397 e. The van der Waals surface area contributed by atoms with Crippen molar-refractivity contribution in [1.29, 1.82) is 5.26 Å². The molecule has 0 amide bonds. The zero-order valence-electron chi connectivity index (χ0n) is 10.3. The Hall–Kier alpha value is -2.10. The Kier molecular flexibility index (Phi) is 2.31. The van der Waals surface area contributed by atoms with Crippen molar-refractivity contribution < 1.29 is 0 Å². The first-order valence-corrected chi connectivity index (χ1v) is 7.84. The van der Waals surface area contributed by atoms with E-state index in [2.05, 4.69) is 16.4 Å². The van der Waals surface area contributed by atoms with Gasteiger partial charge in [-0.05, 0) is 29.9 Å². The highest BCUT2D eigenvalue weighted by molar-refractivity contribution is 7.19. The topological polar surface area (TPSA) is 82.7 Å². The number of hydrogen-bond acceptors (Lipinski definition) is 5. The molecule has 1 aliphatic rings. The fraction of sp³-hybridized carbons (Fsp3) is 0.143. The molecule has 6 heteroatoms. The van der Waals surface area contributed by atoms with Gasteiger partial charge in [-0.2, -0.15) is 5.26 Å². The predicted octanol–water partition coefficient (Wildman–Crippen LogP) is 2.87. The lowest BCUT2D eigenvalue weighted by Crippen LogP contribution is -2.12. The summed E-state index contributed by atoms with van der Waals surface area (Å²) in [5, 5.41) is 12.0. The van der Waals surface area contributed by atoms with Gasteiger partial charge in [-0.3, -0.25) is 4.79 Å². The molecule has 0 atom stereocenters. The van der Waals surface area contributed by atoms with Crippen LogP contribution in [0.15, 0.2) is 16.2 Å². The summed E-state index contributed by atoms with van der Waals surface area (Å²) in [5.41, 5.74) is 8.32. The molecule has 3 aromatic rings. The highest BCUT2D eigenvalue weighted by atomic mass is 32.1. The molecular weight excluding hydrogens is 290 g/mol. The summed E-state index contributed by atoms with van der Waals surface area (Å²) < 4.78 is 0. The van der Waals surface area contributed by atoms with Crippen molar-refractivity contribution in [3.63, 3.8) is 0 Å². The Bertz CT molecular complexity index is 955. The van der Waals surface area contributed by atoms with Crippen molar-refractivity contribution in [3.8, 4) is 17.2 Å². The van der Waals surface area contributed by atoms with Gasteiger partial charge in [0.2, 0.25) is 0 Å². The lowest BCUT2D eigenvalue weighted by Gasteiger charge is -2.12. The minimum absolute atomic E-state index is 0.0143. The number of nitrogens with zero attached hydrogens (tertiary/aromatic N) is 1. The van der Waals surface area contributed by atoms with Crippen LogP contribution in [0.4, 0.5) is 5.69 Å². The van der Waals surface area contributed by atoms with Gasteiger partial charge in [0.1, 0.15) is 16.5 Å². The van der Waals surface area contributed by atoms with Crippen LogP contribution in [0.3, 0.4) is 0 Å². The fourth-order valence-electron chi connectivity index (χ4n) is 2.79. The Morgan fingerprint density at radius 3 is 2.95 bits per heavy atom. The van der Waals surface area contributed by atoms with E-state index in [0.29, 0.717) is 5.69 Å². The first kappa shape index (κ1) is 11.7. The predicted molar refractivity (Wildman–Crippen MR) is 82.3 cm³/mol. The molecule has 0 aliphatic heterocycles. The first-order chi connectivity index (χ1) is 9.70. The van der Waals surface area contributed by atoms with E-state index in [1.165, 1.54) is 15.3 Å². The fourth-order valence-corrected chi connectivity index (χ4v) is 4.90. The molecule has 3 N–H and O–H groups in total. The largest absolute Gasteiger partial charge is 0.397 e. The van der Waals surface area contributed by atoms with Gasteiger partial charge in [0.15, 0.2) is 0 Å². The summed E-state index contributed by atoms with van der Waals surface area (Å²) in [7, 11) is 0. The number of fused-ring (bicyclic) bond motifs is 5.